The van der Waals surface area contributed by atoms with E-state index >= 15 is 0 Å². The van der Waals surface area contributed by atoms with Crippen molar-refractivity contribution in [1.82, 2.24) is 5.32 Å². The predicted octanol–water partition coefficient (Wildman–Crippen LogP) is 2.49. The highest BCUT2D eigenvalue weighted by Crippen LogP contribution is 2.19. The van der Waals surface area contributed by atoms with Crippen LogP contribution in [0.1, 0.15) is 11.1 Å². The fourth-order valence-corrected chi connectivity index (χ4v) is 1.49. The van der Waals surface area contributed by atoms with Gasteiger partial charge in [0.05, 0.1) is 7.11 Å². The van der Waals surface area contributed by atoms with E-state index in [1.807, 2.05) is 25.1 Å². The van der Waals surface area contributed by atoms with Crippen molar-refractivity contribution < 1.29 is 9.53 Å². The minimum atomic E-state index is -0.526. The summed E-state index contributed by atoms with van der Waals surface area (Å²) in [5.41, 5.74) is 2.24. The van der Waals surface area contributed by atoms with E-state index in [-0.39, 0.29) is 0 Å². The molecule has 0 aromatic heterocycles. The summed E-state index contributed by atoms with van der Waals surface area (Å²) in [6.45, 7) is 2.53. The topological polar surface area (TPSA) is 38.3 Å². The Kier molecular flexibility index (Phi) is 4.43. The quantitative estimate of drug-likeness (QED) is 0.634. The normalized spacial score (nSPS) is 9.80. The van der Waals surface area contributed by atoms with Crippen LogP contribution in [0.5, 0.6) is 5.75 Å². The molecule has 0 saturated carbocycles. The Morgan fingerprint density at radius 3 is 2.87 bits per heavy atom. The molecular formula is C11H14ClNO2. The molecule has 82 valence electrons. The highest BCUT2D eigenvalue weighted by Gasteiger charge is 2.03. The number of benzene rings is 1. The van der Waals surface area contributed by atoms with Gasteiger partial charge in [-0.15, -0.1) is 0 Å². The molecule has 0 atom stereocenters. The van der Waals surface area contributed by atoms with Crippen molar-refractivity contribution in [2.45, 2.75) is 13.3 Å². The Morgan fingerprint density at radius 1 is 1.53 bits per heavy atom. The van der Waals surface area contributed by atoms with Gasteiger partial charge in [0.15, 0.2) is 0 Å². The van der Waals surface area contributed by atoms with Gasteiger partial charge in [0, 0.05) is 6.54 Å². The van der Waals surface area contributed by atoms with Crippen molar-refractivity contribution >= 4 is 17.0 Å². The van der Waals surface area contributed by atoms with Crippen molar-refractivity contribution in [2.75, 3.05) is 13.7 Å². The molecule has 0 spiro atoms. The zero-order chi connectivity index (χ0) is 11.3. The van der Waals surface area contributed by atoms with Crippen molar-refractivity contribution in [3.8, 4) is 5.75 Å². The molecule has 0 aliphatic rings. The zero-order valence-corrected chi connectivity index (χ0v) is 9.60. The molecule has 0 fully saturated rings. The lowest BCUT2D eigenvalue weighted by Gasteiger charge is -2.09. The van der Waals surface area contributed by atoms with Gasteiger partial charge in [-0.05, 0) is 36.6 Å². The first kappa shape index (κ1) is 11.9. The number of ether oxygens (including phenoxy) is 1. The number of hydrogen-bond donors (Lipinski definition) is 1. The number of methoxy groups -OCH3 is 1. The smallest absolute Gasteiger partial charge is 0.313 e. The highest BCUT2D eigenvalue weighted by atomic mass is 35.5. The first-order chi connectivity index (χ1) is 7.13. The van der Waals surface area contributed by atoms with Gasteiger partial charge in [-0.2, -0.15) is 0 Å². The molecular weight excluding hydrogens is 214 g/mol. The summed E-state index contributed by atoms with van der Waals surface area (Å²) < 4.78 is 5.21. The molecule has 1 rings (SSSR count). The number of rotatable bonds is 4. The lowest BCUT2D eigenvalue weighted by molar-refractivity contribution is 0.260. The van der Waals surface area contributed by atoms with E-state index < -0.39 is 5.37 Å². The third-order valence-corrected chi connectivity index (χ3v) is 2.23. The summed E-state index contributed by atoms with van der Waals surface area (Å²) >= 11 is 5.17. The van der Waals surface area contributed by atoms with Gasteiger partial charge in [-0.25, -0.2) is 0 Å². The second-order valence-corrected chi connectivity index (χ2v) is 3.61. The molecule has 4 heteroatoms. The fourth-order valence-electron chi connectivity index (χ4n) is 1.40. The third kappa shape index (κ3) is 3.80. The average molecular weight is 228 g/mol. The van der Waals surface area contributed by atoms with E-state index in [0.717, 1.165) is 11.3 Å². The summed E-state index contributed by atoms with van der Waals surface area (Å²) in [6.07, 6.45) is 0.712. The van der Waals surface area contributed by atoms with E-state index in [1.165, 1.54) is 5.56 Å². The molecule has 0 aliphatic carbocycles. The van der Waals surface area contributed by atoms with E-state index in [1.54, 1.807) is 7.11 Å². The first-order valence-corrected chi connectivity index (χ1v) is 5.08. The van der Waals surface area contributed by atoms with Crippen LogP contribution >= 0.6 is 11.6 Å². The van der Waals surface area contributed by atoms with Gasteiger partial charge in [-0.1, -0.05) is 17.7 Å². The Balaban J connectivity index is 2.65. The summed E-state index contributed by atoms with van der Waals surface area (Å²) in [6, 6.07) is 5.95. The van der Waals surface area contributed by atoms with Gasteiger partial charge in [0.25, 0.3) is 0 Å². The maximum absolute atomic E-state index is 10.5. The van der Waals surface area contributed by atoms with Crippen LogP contribution in [-0.2, 0) is 6.42 Å². The number of aryl methyl sites for hydroxylation is 1. The molecule has 3 nitrogen and oxygen atoms in total. The molecule has 0 aliphatic heterocycles. The Hall–Kier alpha value is -1.22. The van der Waals surface area contributed by atoms with Crippen LogP contribution in [0.4, 0.5) is 4.79 Å². The van der Waals surface area contributed by atoms with Crippen LogP contribution in [0, 0.1) is 6.92 Å². The van der Waals surface area contributed by atoms with Gasteiger partial charge < -0.3 is 10.1 Å². The SMILES string of the molecule is COc1ccc(C)cc1CCNC(=O)Cl. The van der Waals surface area contributed by atoms with Crippen LogP contribution < -0.4 is 10.1 Å². The summed E-state index contributed by atoms with van der Waals surface area (Å²) in [5.74, 6) is 0.837. The first-order valence-electron chi connectivity index (χ1n) is 4.70. The van der Waals surface area contributed by atoms with E-state index in [2.05, 4.69) is 5.32 Å². The lowest BCUT2D eigenvalue weighted by Crippen LogP contribution is -2.19. The maximum Gasteiger partial charge on any atom is 0.313 e. The monoisotopic (exact) mass is 227 g/mol. The third-order valence-electron chi connectivity index (χ3n) is 2.09. The molecule has 1 aromatic rings. The number of carbonyl (C=O) groups excluding carboxylic acids is 1. The molecule has 0 bridgehead atoms. The maximum atomic E-state index is 10.5. The van der Waals surface area contributed by atoms with Crippen LogP contribution in [-0.4, -0.2) is 19.0 Å². The van der Waals surface area contributed by atoms with Crippen molar-refractivity contribution in [3.63, 3.8) is 0 Å². The second-order valence-electron chi connectivity index (χ2n) is 3.27. The molecule has 0 saturated heterocycles. The van der Waals surface area contributed by atoms with Crippen LogP contribution in [0.25, 0.3) is 0 Å². The largest absolute Gasteiger partial charge is 0.496 e. The van der Waals surface area contributed by atoms with Crippen molar-refractivity contribution in [2.24, 2.45) is 0 Å². The number of hydrogen-bond acceptors (Lipinski definition) is 2. The molecule has 1 aromatic carbocycles. The summed E-state index contributed by atoms with van der Waals surface area (Å²) in [7, 11) is 1.63. The lowest BCUT2D eigenvalue weighted by atomic mass is 10.1. The predicted molar refractivity (Wildman–Crippen MR) is 60.7 cm³/mol. The number of carbonyl (C=O) groups is 1. The molecule has 0 heterocycles. The summed E-state index contributed by atoms with van der Waals surface area (Å²) in [5, 5.41) is 2.01. The molecule has 0 unspecified atom stereocenters. The standard InChI is InChI=1S/C11H14ClNO2/c1-8-3-4-10(15-2)9(7-8)5-6-13-11(12)14/h3-4,7H,5-6H2,1-2H3,(H,13,14). The molecule has 1 N–H and O–H groups in total. The Morgan fingerprint density at radius 2 is 2.27 bits per heavy atom. The van der Waals surface area contributed by atoms with E-state index in [0.29, 0.717) is 13.0 Å². The van der Waals surface area contributed by atoms with Gasteiger partial charge in [-0.3, -0.25) is 4.79 Å². The number of nitrogens with one attached hydrogen (secondary N) is 1. The van der Waals surface area contributed by atoms with Gasteiger partial charge in [0.1, 0.15) is 5.75 Å². The Bertz CT molecular complexity index is 352. The minimum absolute atomic E-state index is 0.516. The fraction of sp³-hybridized carbons (Fsp3) is 0.364. The van der Waals surface area contributed by atoms with Crippen LogP contribution in [0.15, 0.2) is 18.2 Å². The highest BCUT2D eigenvalue weighted by molar-refractivity contribution is 6.62. The molecule has 0 radical (unpaired) electrons. The van der Waals surface area contributed by atoms with Crippen molar-refractivity contribution in [1.29, 1.82) is 0 Å². The van der Waals surface area contributed by atoms with Crippen molar-refractivity contribution in [3.05, 3.63) is 29.3 Å². The average Bonchev–Trinajstić information content (AvgIpc) is 2.17. The zero-order valence-electron chi connectivity index (χ0n) is 8.84. The van der Waals surface area contributed by atoms with E-state index in [4.69, 9.17) is 16.3 Å². The second kappa shape index (κ2) is 5.61. The summed E-state index contributed by atoms with van der Waals surface area (Å²) in [4.78, 5) is 10.5. The molecule has 1 amide bonds. The van der Waals surface area contributed by atoms with Crippen LogP contribution in [0.3, 0.4) is 0 Å². The molecule has 15 heavy (non-hydrogen) atoms. The van der Waals surface area contributed by atoms with E-state index in [9.17, 15) is 4.79 Å². The van der Waals surface area contributed by atoms with Gasteiger partial charge in [0.2, 0.25) is 0 Å². The number of halogens is 1. The van der Waals surface area contributed by atoms with Gasteiger partial charge >= 0.3 is 5.37 Å². The number of amides is 1. The minimum Gasteiger partial charge on any atom is -0.496 e. The van der Waals surface area contributed by atoms with Crippen LogP contribution in [0.2, 0.25) is 0 Å². The Labute approximate surface area is 94.4 Å².